The Balaban J connectivity index is 1.56. The van der Waals surface area contributed by atoms with Gasteiger partial charge in [-0.2, -0.15) is 4.98 Å². The molecule has 1 aliphatic heterocycles. The molecule has 2 aromatic carbocycles. The van der Waals surface area contributed by atoms with E-state index in [1.165, 1.54) is 9.13 Å². The van der Waals surface area contributed by atoms with Crippen molar-refractivity contribution in [3.63, 3.8) is 0 Å². The zero-order valence-electron chi connectivity index (χ0n) is 19.8. The molecule has 0 bridgehead atoms. The minimum absolute atomic E-state index is 0.258. The molecule has 0 fully saturated rings. The van der Waals surface area contributed by atoms with Crippen LogP contribution in [0.25, 0.3) is 11.2 Å². The zero-order valence-corrected chi connectivity index (χ0v) is 19.8. The highest BCUT2D eigenvalue weighted by molar-refractivity contribution is 5.77. The second kappa shape index (κ2) is 8.85. The van der Waals surface area contributed by atoms with Crippen molar-refractivity contribution in [1.29, 1.82) is 0 Å². The van der Waals surface area contributed by atoms with E-state index in [0.717, 1.165) is 36.6 Å². The van der Waals surface area contributed by atoms with Crippen LogP contribution < -0.4 is 20.9 Å². The molecule has 8 nitrogen and oxygen atoms in total. The number of nitrogens with zero attached hydrogens (tertiary/aromatic N) is 5. The van der Waals surface area contributed by atoms with E-state index >= 15 is 0 Å². The number of unbranched alkanes of at least 4 members (excludes halogenated alkanes) is 1. The maximum atomic E-state index is 13.4. The summed E-state index contributed by atoms with van der Waals surface area (Å²) in [6, 6.07) is 17.5. The number of fused-ring (bicyclic) bond motifs is 3. The predicted octanol–water partition coefficient (Wildman–Crippen LogP) is 4.28. The van der Waals surface area contributed by atoms with E-state index < -0.39 is 0 Å². The minimum atomic E-state index is -0.316. The van der Waals surface area contributed by atoms with Gasteiger partial charge in [0.1, 0.15) is 11.5 Å². The van der Waals surface area contributed by atoms with Gasteiger partial charge in [0.2, 0.25) is 5.95 Å². The van der Waals surface area contributed by atoms with Gasteiger partial charge < -0.3 is 14.2 Å². The number of rotatable bonds is 6. The lowest BCUT2D eigenvalue weighted by atomic mass is 10.1. The Morgan fingerprint density at radius 1 is 1.00 bits per heavy atom. The lowest BCUT2D eigenvalue weighted by Crippen LogP contribution is -2.40. The highest BCUT2D eigenvalue weighted by atomic mass is 16.5. The quantitative estimate of drug-likeness (QED) is 0.430. The molecule has 8 heteroatoms. The Bertz CT molecular complexity index is 1430. The molecule has 4 aromatic rings. The molecule has 3 heterocycles. The molecule has 176 valence electrons. The van der Waals surface area contributed by atoms with Gasteiger partial charge in [0.15, 0.2) is 11.2 Å². The first-order valence-electron chi connectivity index (χ1n) is 11.8. The second-order valence-corrected chi connectivity index (χ2v) is 8.97. The second-order valence-electron chi connectivity index (χ2n) is 8.97. The predicted molar refractivity (Wildman–Crippen MR) is 133 cm³/mol. The summed E-state index contributed by atoms with van der Waals surface area (Å²) in [6.45, 7) is 6.07. The summed E-state index contributed by atoms with van der Waals surface area (Å²) >= 11 is 0. The van der Waals surface area contributed by atoms with Crippen LogP contribution in [0.15, 0.2) is 64.2 Å². The molecule has 1 atom stereocenters. The van der Waals surface area contributed by atoms with E-state index in [2.05, 4.69) is 11.8 Å². The number of aromatic nitrogens is 4. The van der Waals surface area contributed by atoms with Gasteiger partial charge >= 0.3 is 5.69 Å². The molecule has 0 unspecified atom stereocenters. The van der Waals surface area contributed by atoms with Crippen LogP contribution >= 0.6 is 0 Å². The van der Waals surface area contributed by atoms with E-state index in [1.807, 2.05) is 66.1 Å². The maximum Gasteiger partial charge on any atom is 0.332 e. The topological polar surface area (TPSA) is 74.3 Å². The first-order chi connectivity index (χ1) is 16.5. The average molecular weight is 460 g/mol. The molecule has 0 N–H and O–H groups in total. The Kier molecular flexibility index (Phi) is 5.73. The fraction of sp³-hybridized carbons (Fsp3) is 0.346. The summed E-state index contributed by atoms with van der Waals surface area (Å²) in [7, 11) is 1.69. The largest absolute Gasteiger partial charge is 0.457 e. The molecule has 34 heavy (non-hydrogen) atoms. The van der Waals surface area contributed by atoms with Gasteiger partial charge in [-0.25, -0.2) is 4.79 Å². The fourth-order valence-corrected chi connectivity index (χ4v) is 4.55. The Labute approximate surface area is 197 Å². The van der Waals surface area contributed by atoms with Crippen LogP contribution in [0.1, 0.15) is 26.7 Å². The van der Waals surface area contributed by atoms with Gasteiger partial charge in [0.25, 0.3) is 5.56 Å². The fourth-order valence-electron chi connectivity index (χ4n) is 4.55. The van der Waals surface area contributed by atoms with Gasteiger partial charge in [-0.05, 0) is 48.7 Å². The summed E-state index contributed by atoms with van der Waals surface area (Å²) in [4.78, 5) is 33.1. The number of hydrogen-bond acceptors (Lipinski definition) is 5. The molecule has 0 spiro atoms. The molecule has 2 aromatic heterocycles. The number of ether oxygens (including phenoxy) is 1. The number of para-hydroxylation sites is 1. The van der Waals surface area contributed by atoms with Crippen molar-refractivity contribution in [3.8, 4) is 11.5 Å². The van der Waals surface area contributed by atoms with E-state index in [-0.39, 0.29) is 11.2 Å². The molecule has 5 rings (SSSR count). The number of hydrogen-bond donors (Lipinski definition) is 0. The summed E-state index contributed by atoms with van der Waals surface area (Å²) in [5, 5.41) is 0. The van der Waals surface area contributed by atoms with Crippen LogP contribution in [0.4, 0.5) is 11.6 Å². The van der Waals surface area contributed by atoms with Crippen molar-refractivity contribution in [1.82, 2.24) is 18.7 Å². The molecular weight excluding hydrogens is 430 g/mol. The van der Waals surface area contributed by atoms with Gasteiger partial charge in [-0.15, -0.1) is 0 Å². The lowest BCUT2D eigenvalue weighted by Gasteiger charge is -2.33. The van der Waals surface area contributed by atoms with Crippen molar-refractivity contribution in [3.05, 3.63) is 75.4 Å². The van der Waals surface area contributed by atoms with E-state index in [1.54, 1.807) is 7.05 Å². The van der Waals surface area contributed by atoms with Gasteiger partial charge in [-0.3, -0.25) is 13.9 Å². The minimum Gasteiger partial charge on any atom is -0.457 e. The smallest absolute Gasteiger partial charge is 0.332 e. The van der Waals surface area contributed by atoms with Crippen LogP contribution in [0.3, 0.4) is 0 Å². The van der Waals surface area contributed by atoms with Gasteiger partial charge in [-0.1, -0.05) is 38.5 Å². The molecule has 0 saturated heterocycles. The van der Waals surface area contributed by atoms with Crippen LogP contribution in [-0.2, 0) is 20.1 Å². The molecule has 0 aliphatic carbocycles. The van der Waals surface area contributed by atoms with E-state index in [9.17, 15) is 9.59 Å². The first-order valence-corrected chi connectivity index (χ1v) is 11.8. The lowest BCUT2D eigenvalue weighted by molar-refractivity contribution is 0.457. The van der Waals surface area contributed by atoms with Crippen LogP contribution in [0.5, 0.6) is 11.5 Å². The van der Waals surface area contributed by atoms with Crippen molar-refractivity contribution in [2.75, 3.05) is 11.4 Å². The summed E-state index contributed by atoms with van der Waals surface area (Å²) in [6.07, 6.45) is 1.69. The number of aryl methyl sites for hydroxylation is 1. The Morgan fingerprint density at radius 3 is 2.41 bits per heavy atom. The van der Waals surface area contributed by atoms with Crippen LogP contribution in [-0.4, -0.2) is 25.2 Å². The SMILES string of the molecule is CCCCn1c(=O)c2c(nc3n2C[C@@H](C)CN3c2ccc(Oc3ccccc3)cc2)n(C)c1=O. The monoisotopic (exact) mass is 459 g/mol. The van der Waals surface area contributed by atoms with Gasteiger partial charge in [0, 0.05) is 32.4 Å². The third-order valence-corrected chi connectivity index (χ3v) is 6.30. The standard InChI is InChI=1S/C26H29N5O3/c1-4-5-15-29-24(32)22-23(28(3)26(29)33)27-25-30(16-18(2)17-31(22)25)19-11-13-21(14-12-19)34-20-9-7-6-8-10-20/h6-14,18H,4-5,15-17H2,1-3H3/t18-/m0/s1. The third-order valence-electron chi connectivity index (χ3n) is 6.30. The Morgan fingerprint density at radius 2 is 1.71 bits per heavy atom. The third kappa shape index (κ3) is 3.79. The summed E-state index contributed by atoms with van der Waals surface area (Å²) in [5.74, 6) is 2.51. The highest BCUT2D eigenvalue weighted by Crippen LogP contribution is 2.34. The average Bonchev–Trinajstić information content (AvgIpc) is 3.23. The van der Waals surface area contributed by atoms with Crippen molar-refractivity contribution < 1.29 is 4.74 Å². The van der Waals surface area contributed by atoms with Crippen molar-refractivity contribution in [2.24, 2.45) is 13.0 Å². The van der Waals surface area contributed by atoms with Crippen molar-refractivity contribution >= 4 is 22.8 Å². The maximum absolute atomic E-state index is 13.4. The normalized spacial score (nSPS) is 15.5. The summed E-state index contributed by atoms with van der Waals surface area (Å²) in [5.41, 5.74) is 1.31. The first kappa shape index (κ1) is 22.0. The highest BCUT2D eigenvalue weighted by Gasteiger charge is 2.29. The molecule has 0 amide bonds. The van der Waals surface area contributed by atoms with Gasteiger partial charge in [0.05, 0.1) is 0 Å². The van der Waals surface area contributed by atoms with E-state index in [0.29, 0.717) is 36.1 Å². The molecule has 0 radical (unpaired) electrons. The zero-order chi connectivity index (χ0) is 23.8. The number of benzene rings is 2. The summed E-state index contributed by atoms with van der Waals surface area (Å²) < 4.78 is 10.7. The Hall–Kier alpha value is -3.81. The van der Waals surface area contributed by atoms with E-state index in [4.69, 9.17) is 9.72 Å². The molecule has 1 aliphatic rings. The molecular formula is C26H29N5O3. The number of anilines is 2. The van der Waals surface area contributed by atoms with Crippen LogP contribution in [0.2, 0.25) is 0 Å². The number of imidazole rings is 1. The van der Waals surface area contributed by atoms with Crippen molar-refractivity contribution in [2.45, 2.75) is 39.8 Å². The molecule has 0 saturated carbocycles. The van der Waals surface area contributed by atoms with Crippen LogP contribution in [0, 0.1) is 5.92 Å².